The highest BCUT2D eigenvalue weighted by Crippen LogP contribution is 2.13. The zero-order chi connectivity index (χ0) is 20.5. The highest BCUT2D eigenvalue weighted by molar-refractivity contribution is 5.93. The zero-order valence-electron chi connectivity index (χ0n) is 16.8. The molecule has 6 heteroatoms. The number of hydrogen-bond acceptors (Lipinski definition) is 4. The standard InChI is InChI=1S/C23H28N4O2/c1-19(28)24-21-9-11-22(12-10-21)25-23(29)18-27-16-14-26(15-17-27)13-5-8-20-6-3-2-4-7-20/h2-12H,13-18H2,1H3,(H,24,28)(H,25,29)/b8-5+. The van der Waals surface area contributed by atoms with Gasteiger partial charge in [-0.2, -0.15) is 0 Å². The van der Waals surface area contributed by atoms with Gasteiger partial charge >= 0.3 is 0 Å². The van der Waals surface area contributed by atoms with Gasteiger partial charge in [0.1, 0.15) is 0 Å². The molecule has 2 aromatic carbocycles. The fraction of sp³-hybridized carbons (Fsp3) is 0.304. The smallest absolute Gasteiger partial charge is 0.238 e. The summed E-state index contributed by atoms with van der Waals surface area (Å²) in [5.74, 6) is -0.133. The molecule has 1 aliphatic heterocycles. The number of carbonyl (C=O) groups is 2. The van der Waals surface area contributed by atoms with Crippen molar-refractivity contribution in [1.29, 1.82) is 0 Å². The molecule has 0 bridgehead atoms. The molecule has 2 aromatic rings. The average Bonchev–Trinajstić information content (AvgIpc) is 2.71. The van der Waals surface area contributed by atoms with Crippen LogP contribution in [0.25, 0.3) is 6.08 Å². The van der Waals surface area contributed by atoms with Gasteiger partial charge in [-0.3, -0.25) is 19.4 Å². The normalized spacial score (nSPS) is 15.3. The number of benzene rings is 2. The molecule has 3 rings (SSSR count). The van der Waals surface area contributed by atoms with Crippen molar-refractivity contribution in [1.82, 2.24) is 9.80 Å². The molecular weight excluding hydrogens is 364 g/mol. The molecule has 0 aromatic heterocycles. The van der Waals surface area contributed by atoms with Crippen LogP contribution < -0.4 is 10.6 Å². The molecule has 152 valence electrons. The largest absolute Gasteiger partial charge is 0.326 e. The molecule has 0 saturated carbocycles. The van der Waals surface area contributed by atoms with E-state index < -0.39 is 0 Å². The molecule has 2 amide bonds. The molecule has 29 heavy (non-hydrogen) atoms. The molecule has 0 spiro atoms. The first kappa shape index (κ1) is 20.8. The summed E-state index contributed by atoms with van der Waals surface area (Å²) in [5.41, 5.74) is 2.66. The lowest BCUT2D eigenvalue weighted by Gasteiger charge is -2.33. The molecule has 1 fully saturated rings. The summed E-state index contributed by atoms with van der Waals surface area (Å²) >= 11 is 0. The van der Waals surface area contributed by atoms with Gasteiger partial charge in [0.25, 0.3) is 0 Å². The molecule has 1 heterocycles. The highest BCUT2D eigenvalue weighted by Gasteiger charge is 2.18. The van der Waals surface area contributed by atoms with Crippen molar-refractivity contribution in [2.75, 3.05) is 49.9 Å². The topological polar surface area (TPSA) is 64.7 Å². The summed E-state index contributed by atoms with van der Waals surface area (Å²) in [4.78, 5) is 27.9. The second-order valence-corrected chi connectivity index (χ2v) is 7.20. The van der Waals surface area contributed by atoms with Gasteiger partial charge in [-0.05, 0) is 29.8 Å². The van der Waals surface area contributed by atoms with E-state index in [-0.39, 0.29) is 11.8 Å². The minimum atomic E-state index is -0.114. The van der Waals surface area contributed by atoms with Crippen molar-refractivity contribution in [3.63, 3.8) is 0 Å². The summed E-state index contributed by atoms with van der Waals surface area (Å²) in [5, 5.41) is 5.62. The summed E-state index contributed by atoms with van der Waals surface area (Å²) in [6, 6.07) is 17.4. The maximum Gasteiger partial charge on any atom is 0.238 e. The highest BCUT2D eigenvalue weighted by atomic mass is 16.2. The maximum absolute atomic E-state index is 12.3. The molecule has 0 radical (unpaired) electrons. The van der Waals surface area contributed by atoms with Crippen LogP contribution in [0.4, 0.5) is 11.4 Å². The van der Waals surface area contributed by atoms with E-state index in [1.54, 1.807) is 24.3 Å². The van der Waals surface area contributed by atoms with Crippen LogP contribution >= 0.6 is 0 Å². The number of hydrogen-bond donors (Lipinski definition) is 2. The molecule has 0 unspecified atom stereocenters. The van der Waals surface area contributed by atoms with Gasteiger partial charge in [-0.25, -0.2) is 0 Å². The maximum atomic E-state index is 12.3. The Morgan fingerprint density at radius 1 is 0.862 bits per heavy atom. The van der Waals surface area contributed by atoms with Crippen molar-refractivity contribution in [2.45, 2.75) is 6.92 Å². The zero-order valence-corrected chi connectivity index (χ0v) is 16.8. The second-order valence-electron chi connectivity index (χ2n) is 7.20. The third-order valence-electron chi connectivity index (χ3n) is 4.79. The van der Waals surface area contributed by atoms with E-state index in [1.165, 1.54) is 12.5 Å². The number of anilines is 2. The monoisotopic (exact) mass is 392 g/mol. The van der Waals surface area contributed by atoms with Gasteiger partial charge < -0.3 is 10.6 Å². The van der Waals surface area contributed by atoms with E-state index in [9.17, 15) is 9.59 Å². The van der Waals surface area contributed by atoms with Crippen LogP contribution in [0.1, 0.15) is 12.5 Å². The Bertz CT molecular complexity index is 826. The van der Waals surface area contributed by atoms with Crippen LogP contribution in [0, 0.1) is 0 Å². The van der Waals surface area contributed by atoms with Crippen LogP contribution in [-0.2, 0) is 9.59 Å². The fourth-order valence-corrected chi connectivity index (χ4v) is 3.28. The Kier molecular flexibility index (Phi) is 7.55. The van der Waals surface area contributed by atoms with Crippen molar-refractivity contribution in [3.05, 3.63) is 66.2 Å². The lowest BCUT2D eigenvalue weighted by molar-refractivity contribution is -0.117. The Balaban J connectivity index is 1.37. The van der Waals surface area contributed by atoms with E-state index in [0.29, 0.717) is 12.2 Å². The first-order chi connectivity index (χ1) is 14.1. The van der Waals surface area contributed by atoms with Crippen molar-refractivity contribution in [2.24, 2.45) is 0 Å². The van der Waals surface area contributed by atoms with Crippen LogP contribution in [0.15, 0.2) is 60.7 Å². The Morgan fingerprint density at radius 2 is 1.45 bits per heavy atom. The van der Waals surface area contributed by atoms with E-state index in [1.807, 2.05) is 18.2 Å². The van der Waals surface area contributed by atoms with Crippen LogP contribution in [0.5, 0.6) is 0 Å². The first-order valence-electron chi connectivity index (χ1n) is 9.92. The van der Waals surface area contributed by atoms with E-state index in [2.05, 4.69) is 44.7 Å². The quantitative estimate of drug-likeness (QED) is 0.761. The third-order valence-corrected chi connectivity index (χ3v) is 4.79. The number of nitrogens with zero attached hydrogens (tertiary/aromatic N) is 2. The molecule has 2 N–H and O–H groups in total. The molecular formula is C23H28N4O2. The van der Waals surface area contributed by atoms with E-state index >= 15 is 0 Å². The van der Waals surface area contributed by atoms with Crippen LogP contribution in [0.3, 0.4) is 0 Å². The first-order valence-corrected chi connectivity index (χ1v) is 9.92. The minimum absolute atomic E-state index is 0.0188. The summed E-state index contributed by atoms with van der Waals surface area (Å²) in [7, 11) is 0. The lowest BCUT2D eigenvalue weighted by atomic mass is 10.2. The number of piperazine rings is 1. The van der Waals surface area contributed by atoms with Crippen molar-refractivity contribution >= 4 is 29.3 Å². The number of rotatable bonds is 7. The summed E-state index contributed by atoms with van der Waals surface area (Å²) in [6.07, 6.45) is 4.35. The van der Waals surface area contributed by atoms with Crippen molar-refractivity contribution < 1.29 is 9.59 Å². The van der Waals surface area contributed by atoms with Gasteiger partial charge in [0.2, 0.25) is 11.8 Å². The van der Waals surface area contributed by atoms with E-state index in [0.717, 1.165) is 38.4 Å². The SMILES string of the molecule is CC(=O)Nc1ccc(NC(=O)CN2CCN(C/C=C/c3ccccc3)CC2)cc1. The van der Waals surface area contributed by atoms with Gasteiger partial charge in [-0.1, -0.05) is 42.5 Å². The van der Waals surface area contributed by atoms with Crippen LogP contribution in [-0.4, -0.2) is 60.9 Å². The molecule has 6 nitrogen and oxygen atoms in total. The Morgan fingerprint density at radius 3 is 2.07 bits per heavy atom. The minimum Gasteiger partial charge on any atom is -0.326 e. The predicted molar refractivity (Wildman–Crippen MR) is 118 cm³/mol. The fourth-order valence-electron chi connectivity index (χ4n) is 3.28. The van der Waals surface area contributed by atoms with Gasteiger partial charge in [-0.15, -0.1) is 0 Å². The van der Waals surface area contributed by atoms with Gasteiger partial charge in [0, 0.05) is 51.0 Å². The second kappa shape index (κ2) is 10.5. The molecule has 0 aliphatic carbocycles. The molecule has 0 atom stereocenters. The summed E-state index contributed by atoms with van der Waals surface area (Å²) in [6.45, 7) is 6.46. The number of carbonyl (C=O) groups excluding carboxylic acids is 2. The van der Waals surface area contributed by atoms with Crippen LogP contribution in [0.2, 0.25) is 0 Å². The number of nitrogens with one attached hydrogen (secondary N) is 2. The lowest BCUT2D eigenvalue weighted by Crippen LogP contribution is -2.48. The summed E-state index contributed by atoms with van der Waals surface area (Å²) < 4.78 is 0. The third kappa shape index (κ3) is 7.18. The number of amides is 2. The Hall–Kier alpha value is -2.96. The molecule has 1 aliphatic rings. The Labute approximate surface area is 172 Å². The van der Waals surface area contributed by atoms with Crippen molar-refractivity contribution in [3.8, 4) is 0 Å². The average molecular weight is 393 g/mol. The molecule has 1 saturated heterocycles. The van der Waals surface area contributed by atoms with Gasteiger partial charge in [0.05, 0.1) is 6.54 Å². The predicted octanol–water partition coefficient (Wildman–Crippen LogP) is 2.91. The van der Waals surface area contributed by atoms with Gasteiger partial charge in [0.15, 0.2) is 0 Å². The van der Waals surface area contributed by atoms with E-state index in [4.69, 9.17) is 0 Å².